The molecule has 0 bridgehead atoms. The van der Waals surface area contributed by atoms with E-state index in [1.807, 2.05) is 47.4 Å². The van der Waals surface area contributed by atoms with Gasteiger partial charge in [0, 0.05) is 23.8 Å². The first-order valence-electron chi connectivity index (χ1n) is 9.97. The van der Waals surface area contributed by atoms with Crippen LogP contribution in [0.5, 0.6) is 0 Å². The van der Waals surface area contributed by atoms with Crippen molar-refractivity contribution in [1.82, 2.24) is 0 Å². The molecule has 29 heavy (non-hydrogen) atoms. The van der Waals surface area contributed by atoms with Gasteiger partial charge in [-0.1, -0.05) is 30.3 Å². The van der Waals surface area contributed by atoms with Crippen molar-refractivity contribution < 1.29 is 13.2 Å². The van der Waals surface area contributed by atoms with E-state index in [1.54, 1.807) is 18.2 Å². The number of rotatable bonds is 4. The van der Waals surface area contributed by atoms with Crippen LogP contribution in [0, 0.1) is 5.92 Å². The number of nitrogens with one attached hydrogen (secondary N) is 1. The largest absolute Gasteiger partial charge is 0.312 e. The number of amides is 1. The number of hydrogen-bond donors (Lipinski definition) is 1. The first kappa shape index (κ1) is 18.2. The summed E-state index contributed by atoms with van der Waals surface area (Å²) in [4.78, 5) is 14.7. The van der Waals surface area contributed by atoms with Gasteiger partial charge in [0.15, 0.2) is 0 Å². The summed E-state index contributed by atoms with van der Waals surface area (Å²) in [5.41, 5.74) is 2.46. The van der Waals surface area contributed by atoms with Crippen LogP contribution in [-0.4, -0.2) is 20.9 Å². The van der Waals surface area contributed by atoms with Crippen LogP contribution in [0.4, 0.5) is 11.4 Å². The number of sulfonamides is 1. The van der Waals surface area contributed by atoms with E-state index in [4.69, 9.17) is 0 Å². The summed E-state index contributed by atoms with van der Waals surface area (Å²) in [7, 11) is -3.70. The van der Waals surface area contributed by atoms with Gasteiger partial charge in [-0.05, 0) is 72.4 Å². The highest BCUT2D eigenvalue weighted by molar-refractivity contribution is 7.92. The standard InChI is InChI=1S/C23H22N2O3S/c26-23(17-7-8-17)25-13-3-6-19-14-20(10-12-22(19)25)24-29(27,28)21-11-9-16-4-1-2-5-18(16)15-21/h1-2,4-5,9-12,14-15,17,24H,3,6-8,13H2. The SMILES string of the molecule is O=C(C1CC1)N1CCCc2cc(NS(=O)(=O)c3ccc4ccccc4c3)ccc21. The van der Waals surface area contributed by atoms with Gasteiger partial charge in [-0.3, -0.25) is 9.52 Å². The Morgan fingerprint density at radius 2 is 1.76 bits per heavy atom. The smallest absolute Gasteiger partial charge is 0.261 e. The lowest BCUT2D eigenvalue weighted by molar-refractivity contribution is -0.119. The van der Waals surface area contributed by atoms with Gasteiger partial charge in [-0.25, -0.2) is 8.42 Å². The number of aryl methyl sites for hydroxylation is 1. The van der Waals surface area contributed by atoms with Crippen LogP contribution in [0.1, 0.15) is 24.8 Å². The van der Waals surface area contributed by atoms with Gasteiger partial charge in [-0.2, -0.15) is 0 Å². The van der Waals surface area contributed by atoms with E-state index in [9.17, 15) is 13.2 Å². The molecular weight excluding hydrogens is 384 g/mol. The zero-order chi connectivity index (χ0) is 20.0. The Hall–Kier alpha value is -2.86. The van der Waals surface area contributed by atoms with Crippen molar-refractivity contribution in [2.45, 2.75) is 30.6 Å². The molecule has 1 amide bonds. The summed E-state index contributed by atoms with van der Waals surface area (Å²) in [6, 6.07) is 18.3. The van der Waals surface area contributed by atoms with E-state index >= 15 is 0 Å². The van der Waals surface area contributed by atoms with Crippen molar-refractivity contribution in [3.8, 4) is 0 Å². The highest BCUT2D eigenvalue weighted by Crippen LogP contribution is 2.37. The van der Waals surface area contributed by atoms with Crippen LogP contribution in [0.15, 0.2) is 65.6 Å². The maximum Gasteiger partial charge on any atom is 0.261 e. The third-order valence-corrected chi connectivity index (χ3v) is 7.05. The molecule has 5 rings (SSSR count). The Labute approximate surface area is 170 Å². The highest BCUT2D eigenvalue weighted by Gasteiger charge is 2.35. The number of carbonyl (C=O) groups excluding carboxylic acids is 1. The zero-order valence-electron chi connectivity index (χ0n) is 16.0. The average molecular weight is 407 g/mol. The maximum absolute atomic E-state index is 12.9. The summed E-state index contributed by atoms with van der Waals surface area (Å²) in [5, 5.41) is 1.88. The Kier molecular flexibility index (Phi) is 4.32. The fourth-order valence-corrected chi connectivity index (χ4v) is 5.07. The molecule has 0 spiro atoms. The number of fused-ring (bicyclic) bond motifs is 2. The second kappa shape index (κ2) is 6.88. The van der Waals surface area contributed by atoms with E-state index < -0.39 is 10.0 Å². The van der Waals surface area contributed by atoms with Gasteiger partial charge in [0.25, 0.3) is 10.0 Å². The molecular formula is C23H22N2O3S. The molecule has 148 valence electrons. The van der Waals surface area contributed by atoms with Gasteiger partial charge >= 0.3 is 0 Å². The summed E-state index contributed by atoms with van der Waals surface area (Å²) < 4.78 is 28.5. The molecule has 6 heteroatoms. The van der Waals surface area contributed by atoms with Crippen LogP contribution < -0.4 is 9.62 Å². The van der Waals surface area contributed by atoms with E-state index in [2.05, 4.69) is 4.72 Å². The summed E-state index contributed by atoms with van der Waals surface area (Å²) in [6.07, 6.45) is 3.70. The molecule has 1 N–H and O–H groups in total. The van der Waals surface area contributed by atoms with Crippen molar-refractivity contribution >= 4 is 38.1 Å². The number of benzene rings is 3. The monoisotopic (exact) mass is 406 g/mol. The van der Waals surface area contributed by atoms with Crippen molar-refractivity contribution in [2.24, 2.45) is 5.92 Å². The van der Waals surface area contributed by atoms with Crippen LogP contribution in [0.25, 0.3) is 10.8 Å². The predicted octanol–water partition coefficient (Wildman–Crippen LogP) is 4.33. The Morgan fingerprint density at radius 1 is 0.966 bits per heavy atom. The third-order valence-electron chi connectivity index (χ3n) is 5.67. The molecule has 0 aromatic heterocycles. The number of hydrogen-bond acceptors (Lipinski definition) is 3. The maximum atomic E-state index is 12.9. The molecule has 1 aliphatic heterocycles. The number of nitrogens with zero attached hydrogens (tertiary/aromatic N) is 1. The lowest BCUT2D eigenvalue weighted by Gasteiger charge is -2.30. The Morgan fingerprint density at radius 3 is 2.55 bits per heavy atom. The molecule has 0 unspecified atom stereocenters. The van der Waals surface area contributed by atoms with Gasteiger partial charge in [0.1, 0.15) is 0 Å². The second-order valence-electron chi connectivity index (χ2n) is 7.83. The van der Waals surface area contributed by atoms with Gasteiger partial charge < -0.3 is 4.90 Å². The molecule has 0 atom stereocenters. The summed E-state index contributed by atoms with van der Waals surface area (Å²) in [6.45, 7) is 0.741. The van der Waals surface area contributed by atoms with Crippen molar-refractivity contribution in [1.29, 1.82) is 0 Å². The van der Waals surface area contributed by atoms with E-state index in [-0.39, 0.29) is 16.7 Å². The van der Waals surface area contributed by atoms with Crippen LogP contribution in [-0.2, 0) is 21.2 Å². The second-order valence-corrected chi connectivity index (χ2v) is 9.51. The minimum Gasteiger partial charge on any atom is -0.312 e. The number of anilines is 2. The Balaban J connectivity index is 1.43. The van der Waals surface area contributed by atoms with Crippen LogP contribution in [0.3, 0.4) is 0 Å². The van der Waals surface area contributed by atoms with Crippen molar-refractivity contribution in [3.63, 3.8) is 0 Å². The average Bonchev–Trinajstić information content (AvgIpc) is 3.57. The van der Waals surface area contributed by atoms with Crippen molar-refractivity contribution in [2.75, 3.05) is 16.2 Å². The molecule has 1 aliphatic carbocycles. The quantitative estimate of drug-likeness (QED) is 0.701. The molecule has 0 radical (unpaired) electrons. The normalized spacial score (nSPS) is 16.5. The molecule has 1 heterocycles. The fourth-order valence-electron chi connectivity index (χ4n) is 3.99. The molecule has 0 saturated heterocycles. The molecule has 2 aliphatic rings. The first-order valence-corrected chi connectivity index (χ1v) is 11.5. The van der Waals surface area contributed by atoms with Gasteiger partial charge in [0.05, 0.1) is 4.90 Å². The molecule has 3 aromatic rings. The minimum absolute atomic E-state index is 0.173. The highest BCUT2D eigenvalue weighted by atomic mass is 32.2. The van der Waals surface area contributed by atoms with Gasteiger partial charge in [-0.15, -0.1) is 0 Å². The van der Waals surface area contributed by atoms with Crippen molar-refractivity contribution in [3.05, 3.63) is 66.2 Å². The van der Waals surface area contributed by atoms with E-state index in [0.717, 1.165) is 54.3 Å². The van der Waals surface area contributed by atoms with E-state index in [0.29, 0.717) is 5.69 Å². The van der Waals surface area contributed by atoms with Crippen LogP contribution in [0.2, 0.25) is 0 Å². The molecule has 1 fully saturated rings. The molecule has 3 aromatic carbocycles. The predicted molar refractivity (Wildman–Crippen MR) is 115 cm³/mol. The van der Waals surface area contributed by atoms with Crippen LogP contribution >= 0.6 is 0 Å². The van der Waals surface area contributed by atoms with Gasteiger partial charge in [0.2, 0.25) is 5.91 Å². The lowest BCUT2D eigenvalue weighted by Crippen LogP contribution is -2.36. The summed E-state index contributed by atoms with van der Waals surface area (Å²) >= 11 is 0. The lowest BCUT2D eigenvalue weighted by atomic mass is 10.0. The van der Waals surface area contributed by atoms with E-state index in [1.165, 1.54) is 0 Å². The summed E-state index contributed by atoms with van der Waals surface area (Å²) in [5.74, 6) is 0.377. The topological polar surface area (TPSA) is 66.5 Å². The minimum atomic E-state index is -3.70. The number of carbonyl (C=O) groups is 1. The fraction of sp³-hybridized carbons (Fsp3) is 0.261. The first-order chi connectivity index (χ1) is 14.0. The Bertz CT molecular complexity index is 1220. The third kappa shape index (κ3) is 3.49. The zero-order valence-corrected chi connectivity index (χ0v) is 16.8. The molecule has 5 nitrogen and oxygen atoms in total. The molecule has 1 saturated carbocycles.